The lowest BCUT2D eigenvalue weighted by Gasteiger charge is -2.21. The van der Waals surface area contributed by atoms with Crippen molar-refractivity contribution in [1.29, 1.82) is 0 Å². The van der Waals surface area contributed by atoms with Crippen LogP contribution in [0.2, 0.25) is 0 Å². The number of rotatable bonds is 9. The Hall–Kier alpha value is -2.82. The van der Waals surface area contributed by atoms with Gasteiger partial charge < -0.3 is 14.8 Å². The van der Waals surface area contributed by atoms with Crippen molar-refractivity contribution < 1.29 is 19.1 Å². The number of ketones is 1. The number of carbonyl (C=O) groups excluding carboxylic acids is 2. The summed E-state index contributed by atoms with van der Waals surface area (Å²) in [4.78, 5) is 23.9. The standard InChI is InChI=1S/C22H27NO4/c1-15(2)12-19(17-8-6-5-7-9-17)23-22(25)14-27-20-11-10-18(16(3)24)13-21(20)26-4/h5-11,13,15,19H,12,14H2,1-4H3,(H,23,25)/t19-/m0/s1. The first-order valence-corrected chi connectivity index (χ1v) is 9.06. The average Bonchev–Trinajstić information content (AvgIpc) is 2.66. The van der Waals surface area contributed by atoms with Crippen LogP contribution in [0.1, 0.15) is 49.2 Å². The lowest BCUT2D eigenvalue weighted by molar-refractivity contribution is -0.124. The number of Topliss-reactive ketones (excluding diaryl/α,β-unsaturated/α-hetero) is 1. The van der Waals surface area contributed by atoms with E-state index in [-0.39, 0.29) is 24.3 Å². The minimum Gasteiger partial charge on any atom is -0.493 e. The van der Waals surface area contributed by atoms with Gasteiger partial charge in [0.25, 0.3) is 5.91 Å². The molecule has 27 heavy (non-hydrogen) atoms. The highest BCUT2D eigenvalue weighted by Crippen LogP contribution is 2.28. The van der Waals surface area contributed by atoms with Crippen molar-refractivity contribution in [3.05, 3.63) is 59.7 Å². The molecule has 1 amide bonds. The fraction of sp³-hybridized carbons (Fsp3) is 0.364. The summed E-state index contributed by atoms with van der Waals surface area (Å²) < 4.78 is 10.9. The Morgan fingerprint density at radius 1 is 1.04 bits per heavy atom. The second-order valence-corrected chi connectivity index (χ2v) is 6.87. The molecule has 0 aliphatic rings. The summed E-state index contributed by atoms with van der Waals surface area (Å²) in [5.41, 5.74) is 1.60. The van der Waals surface area contributed by atoms with Gasteiger partial charge in [-0.1, -0.05) is 44.2 Å². The fourth-order valence-electron chi connectivity index (χ4n) is 2.82. The smallest absolute Gasteiger partial charge is 0.258 e. The van der Waals surface area contributed by atoms with Gasteiger partial charge in [-0.25, -0.2) is 0 Å². The Kier molecular flexibility index (Phi) is 7.41. The average molecular weight is 369 g/mol. The maximum absolute atomic E-state index is 12.4. The molecule has 0 saturated heterocycles. The molecule has 0 radical (unpaired) electrons. The Labute approximate surface area is 160 Å². The van der Waals surface area contributed by atoms with Gasteiger partial charge in [-0.2, -0.15) is 0 Å². The minimum atomic E-state index is -0.206. The zero-order valence-corrected chi connectivity index (χ0v) is 16.3. The highest BCUT2D eigenvalue weighted by atomic mass is 16.5. The second kappa shape index (κ2) is 9.76. The summed E-state index contributed by atoms with van der Waals surface area (Å²) in [5.74, 6) is 1.03. The molecule has 2 aromatic rings. The molecule has 0 bridgehead atoms. The highest BCUT2D eigenvalue weighted by molar-refractivity contribution is 5.94. The molecule has 5 heteroatoms. The van der Waals surface area contributed by atoms with Gasteiger partial charge in [0.2, 0.25) is 0 Å². The van der Waals surface area contributed by atoms with Crippen LogP contribution in [0, 0.1) is 5.92 Å². The molecule has 1 N–H and O–H groups in total. The number of ether oxygens (including phenoxy) is 2. The molecule has 144 valence electrons. The van der Waals surface area contributed by atoms with E-state index in [1.54, 1.807) is 18.2 Å². The number of hydrogen-bond acceptors (Lipinski definition) is 4. The van der Waals surface area contributed by atoms with Crippen LogP contribution in [-0.2, 0) is 4.79 Å². The van der Waals surface area contributed by atoms with Crippen LogP contribution in [0.4, 0.5) is 0 Å². The molecular weight excluding hydrogens is 342 g/mol. The topological polar surface area (TPSA) is 64.6 Å². The van der Waals surface area contributed by atoms with Crippen LogP contribution in [0.3, 0.4) is 0 Å². The summed E-state index contributed by atoms with van der Waals surface area (Å²) in [7, 11) is 1.50. The third-order valence-corrected chi connectivity index (χ3v) is 4.17. The van der Waals surface area contributed by atoms with Crippen molar-refractivity contribution >= 4 is 11.7 Å². The van der Waals surface area contributed by atoms with Crippen LogP contribution >= 0.6 is 0 Å². The van der Waals surface area contributed by atoms with Crippen molar-refractivity contribution in [2.75, 3.05) is 13.7 Å². The van der Waals surface area contributed by atoms with Gasteiger partial charge in [-0.15, -0.1) is 0 Å². The van der Waals surface area contributed by atoms with Gasteiger partial charge >= 0.3 is 0 Å². The van der Waals surface area contributed by atoms with Crippen molar-refractivity contribution in [3.63, 3.8) is 0 Å². The van der Waals surface area contributed by atoms with Crippen molar-refractivity contribution in [2.24, 2.45) is 5.92 Å². The molecule has 0 saturated carbocycles. The zero-order valence-electron chi connectivity index (χ0n) is 16.3. The Balaban J connectivity index is 2.03. The van der Waals surface area contributed by atoms with E-state index in [4.69, 9.17) is 9.47 Å². The van der Waals surface area contributed by atoms with Crippen molar-refractivity contribution in [3.8, 4) is 11.5 Å². The van der Waals surface area contributed by atoms with E-state index in [9.17, 15) is 9.59 Å². The van der Waals surface area contributed by atoms with E-state index in [1.807, 2.05) is 30.3 Å². The predicted octanol–water partition coefficient (Wildman–Crippen LogP) is 4.18. The lowest BCUT2D eigenvalue weighted by Crippen LogP contribution is -2.33. The quantitative estimate of drug-likeness (QED) is 0.674. The Morgan fingerprint density at radius 2 is 1.74 bits per heavy atom. The van der Waals surface area contributed by atoms with E-state index in [0.29, 0.717) is 23.0 Å². The number of hydrogen-bond donors (Lipinski definition) is 1. The van der Waals surface area contributed by atoms with Crippen molar-refractivity contribution in [1.82, 2.24) is 5.32 Å². The Bertz CT molecular complexity index is 771. The Morgan fingerprint density at radius 3 is 2.33 bits per heavy atom. The largest absolute Gasteiger partial charge is 0.493 e. The maximum atomic E-state index is 12.4. The molecule has 1 atom stereocenters. The molecule has 2 rings (SSSR count). The molecule has 0 aromatic heterocycles. The van der Waals surface area contributed by atoms with Gasteiger partial charge in [0, 0.05) is 5.56 Å². The van der Waals surface area contributed by atoms with Crippen LogP contribution in [0.5, 0.6) is 11.5 Å². The zero-order chi connectivity index (χ0) is 19.8. The summed E-state index contributed by atoms with van der Waals surface area (Å²) in [6, 6.07) is 14.8. The number of benzene rings is 2. The summed E-state index contributed by atoms with van der Waals surface area (Å²) in [6.07, 6.45) is 0.840. The molecule has 0 spiro atoms. The molecule has 0 fully saturated rings. The van der Waals surface area contributed by atoms with E-state index in [2.05, 4.69) is 19.2 Å². The fourth-order valence-corrected chi connectivity index (χ4v) is 2.82. The number of methoxy groups -OCH3 is 1. The first-order valence-electron chi connectivity index (χ1n) is 9.06. The van der Waals surface area contributed by atoms with Gasteiger partial charge in [0.15, 0.2) is 23.9 Å². The minimum absolute atomic E-state index is 0.0584. The van der Waals surface area contributed by atoms with E-state index < -0.39 is 0 Å². The summed E-state index contributed by atoms with van der Waals surface area (Å²) in [5, 5.41) is 3.04. The first-order chi connectivity index (χ1) is 12.9. The molecule has 0 unspecified atom stereocenters. The van der Waals surface area contributed by atoms with Gasteiger partial charge in [-0.3, -0.25) is 9.59 Å². The van der Waals surface area contributed by atoms with E-state index in [1.165, 1.54) is 14.0 Å². The first kappa shape index (κ1) is 20.5. The number of amides is 1. The van der Waals surface area contributed by atoms with E-state index >= 15 is 0 Å². The van der Waals surface area contributed by atoms with Crippen LogP contribution in [0.25, 0.3) is 0 Å². The predicted molar refractivity (Wildman–Crippen MR) is 105 cm³/mol. The highest BCUT2D eigenvalue weighted by Gasteiger charge is 2.17. The van der Waals surface area contributed by atoms with Gasteiger partial charge in [-0.05, 0) is 43.0 Å². The van der Waals surface area contributed by atoms with Crippen LogP contribution < -0.4 is 14.8 Å². The van der Waals surface area contributed by atoms with Crippen molar-refractivity contribution in [2.45, 2.75) is 33.2 Å². The molecule has 0 aliphatic carbocycles. The lowest BCUT2D eigenvalue weighted by atomic mass is 9.97. The SMILES string of the molecule is COc1cc(C(C)=O)ccc1OCC(=O)N[C@@H](CC(C)C)c1ccccc1. The van der Waals surface area contributed by atoms with Crippen LogP contribution in [0.15, 0.2) is 48.5 Å². The molecule has 0 heterocycles. The molecular formula is C22H27NO4. The monoisotopic (exact) mass is 369 g/mol. The molecule has 0 aliphatic heterocycles. The van der Waals surface area contributed by atoms with E-state index in [0.717, 1.165) is 12.0 Å². The third-order valence-electron chi connectivity index (χ3n) is 4.17. The summed E-state index contributed by atoms with van der Waals surface area (Å²) in [6.45, 7) is 5.61. The maximum Gasteiger partial charge on any atom is 0.258 e. The summed E-state index contributed by atoms with van der Waals surface area (Å²) >= 11 is 0. The molecule has 2 aromatic carbocycles. The normalized spacial score (nSPS) is 11.7. The molecule has 5 nitrogen and oxygen atoms in total. The van der Waals surface area contributed by atoms with Gasteiger partial charge in [0.1, 0.15) is 0 Å². The number of nitrogens with one attached hydrogen (secondary N) is 1. The number of carbonyl (C=O) groups is 2. The van der Waals surface area contributed by atoms with Gasteiger partial charge in [0.05, 0.1) is 13.2 Å². The third kappa shape index (κ3) is 6.13. The second-order valence-electron chi connectivity index (χ2n) is 6.87. The van der Waals surface area contributed by atoms with Crippen LogP contribution in [-0.4, -0.2) is 25.4 Å².